The van der Waals surface area contributed by atoms with Crippen LogP contribution in [0.15, 0.2) is 0 Å². The monoisotopic (exact) mass is 191 g/mol. The minimum Gasteiger partial charge on any atom is -0.325 e. The average Bonchev–Trinajstić information content (AvgIpc) is 2.09. The Morgan fingerprint density at radius 2 is 1.62 bits per heavy atom. The minimum absolute atomic E-state index is 0.153. The third-order valence-corrected chi connectivity index (χ3v) is 2.76. The SMILES string of the molecule is CC(F)(F)CC1(N)CCCCCC1. The van der Waals surface area contributed by atoms with Crippen LogP contribution in [0.5, 0.6) is 0 Å². The van der Waals surface area contributed by atoms with Gasteiger partial charge in [0.2, 0.25) is 5.92 Å². The molecular weight excluding hydrogens is 172 g/mol. The molecule has 0 bridgehead atoms. The van der Waals surface area contributed by atoms with Gasteiger partial charge in [-0.1, -0.05) is 25.7 Å². The maximum Gasteiger partial charge on any atom is 0.247 e. The quantitative estimate of drug-likeness (QED) is 0.667. The number of hydrogen-bond donors (Lipinski definition) is 1. The van der Waals surface area contributed by atoms with Gasteiger partial charge in [0.25, 0.3) is 0 Å². The Bertz CT molecular complexity index is 155. The number of nitrogens with two attached hydrogens (primary N) is 1. The Balaban J connectivity index is 2.52. The molecule has 1 rings (SSSR count). The Labute approximate surface area is 78.7 Å². The van der Waals surface area contributed by atoms with Crippen molar-refractivity contribution in [3.05, 3.63) is 0 Å². The van der Waals surface area contributed by atoms with Crippen LogP contribution in [-0.2, 0) is 0 Å². The summed E-state index contributed by atoms with van der Waals surface area (Å²) in [5, 5.41) is 0. The second kappa shape index (κ2) is 3.91. The van der Waals surface area contributed by atoms with Crippen LogP contribution in [0.25, 0.3) is 0 Å². The predicted molar refractivity (Wildman–Crippen MR) is 49.9 cm³/mol. The molecule has 1 nitrogen and oxygen atoms in total. The first-order chi connectivity index (χ1) is 5.91. The van der Waals surface area contributed by atoms with E-state index in [4.69, 9.17) is 5.73 Å². The molecule has 0 amide bonds. The van der Waals surface area contributed by atoms with Crippen LogP contribution in [0.3, 0.4) is 0 Å². The van der Waals surface area contributed by atoms with E-state index < -0.39 is 11.5 Å². The standard InChI is InChI=1S/C10H19F2N/c1-9(11,12)8-10(13)6-4-2-3-5-7-10/h2-8,13H2,1H3. The molecule has 0 unspecified atom stereocenters. The Hall–Kier alpha value is -0.180. The summed E-state index contributed by atoms with van der Waals surface area (Å²) in [6.45, 7) is 0.965. The van der Waals surface area contributed by atoms with Gasteiger partial charge in [-0.25, -0.2) is 8.78 Å². The zero-order valence-electron chi connectivity index (χ0n) is 8.28. The van der Waals surface area contributed by atoms with E-state index in [9.17, 15) is 8.78 Å². The van der Waals surface area contributed by atoms with Gasteiger partial charge in [-0.2, -0.15) is 0 Å². The maximum atomic E-state index is 12.8. The molecule has 1 saturated carbocycles. The summed E-state index contributed by atoms with van der Waals surface area (Å²) in [6, 6.07) is 0. The van der Waals surface area contributed by atoms with Crippen molar-refractivity contribution in [2.75, 3.05) is 0 Å². The van der Waals surface area contributed by atoms with Gasteiger partial charge in [0.15, 0.2) is 0 Å². The van der Waals surface area contributed by atoms with Gasteiger partial charge >= 0.3 is 0 Å². The first kappa shape index (κ1) is 10.9. The lowest BCUT2D eigenvalue weighted by Crippen LogP contribution is -2.43. The highest BCUT2D eigenvalue weighted by Gasteiger charge is 2.35. The first-order valence-electron chi connectivity index (χ1n) is 5.08. The van der Waals surface area contributed by atoms with E-state index >= 15 is 0 Å². The van der Waals surface area contributed by atoms with Crippen LogP contribution in [0.1, 0.15) is 51.9 Å². The fourth-order valence-electron chi connectivity index (χ4n) is 2.23. The molecule has 0 heterocycles. The van der Waals surface area contributed by atoms with Crippen molar-refractivity contribution in [2.24, 2.45) is 5.73 Å². The van der Waals surface area contributed by atoms with Crippen LogP contribution >= 0.6 is 0 Å². The number of halogens is 2. The van der Waals surface area contributed by atoms with Crippen LogP contribution in [-0.4, -0.2) is 11.5 Å². The van der Waals surface area contributed by atoms with E-state index in [2.05, 4.69) is 0 Å². The molecule has 2 N–H and O–H groups in total. The summed E-state index contributed by atoms with van der Waals surface area (Å²) >= 11 is 0. The molecule has 0 aromatic carbocycles. The van der Waals surface area contributed by atoms with Crippen molar-refractivity contribution in [3.63, 3.8) is 0 Å². The second-order valence-corrected chi connectivity index (χ2v) is 4.52. The number of rotatable bonds is 2. The molecule has 0 atom stereocenters. The third kappa shape index (κ3) is 4.03. The largest absolute Gasteiger partial charge is 0.325 e. The lowest BCUT2D eigenvalue weighted by atomic mass is 9.86. The van der Waals surface area contributed by atoms with Gasteiger partial charge < -0.3 is 5.73 Å². The van der Waals surface area contributed by atoms with E-state index in [1.807, 2.05) is 0 Å². The normalized spacial score (nSPS) is 24.0. The molecule has 1 aliphatic carbocycles. The summed E-state index contributed by atoms with van der Waals surface area (Å²) in [7, 11) is 0. The maximum absolute atomic E-state index is 12.8. The van der Waals surface area contributed by atoms with E-state index in [1.165, 1.54) is 0 Å². The lowest BCUT2D eigenvalue weighted by molar-refractivity contribution is -0.0120. The summed E-state index contributed by atoms with van der Waals surface area (Å²) in [4.78, 5) is 0. The predicted octanol–water partition coefficient (Wildman–Crippen LogP) is 3.08. The average molecular weight is 191 g/mol. The second-order valence-electron chi connectivity index (χ2n) is 4.52. The molecule has 1 fully saturated rings. The lowest BCUT2D eigenvalue weighted by Gasteiger charge is -2.30. The fraction of sp³-hybridized carbons (Fsp3) is 1.00. The minimum atomic E-state index is -2.61. The van der Waals surface area contributed by atoms with Crippen LogP contribution < -0.4 is 5.73 Å². The molecule has 0 aliphatic heterocycles. The molecule has 0 aromatic heterocycles. The summed E-state index contributed by atoms with van der Waals surface area (Å²) in [5.41, 5.74) is 5.36. The van der Waals surface area contributed by atoms with Gasteiger partial charge in [0.05, 0.1) is 0 Å². The molecule has 0 radical (unpaired) electrons. The van der Waals surface area contributed by atoms with Crippen molar-refractivity contribution in [1.29, 1.82) is 0 Å². The van der Waals surface area contributed by atoms with E-state index in [0.29, 0.717) is 0 Å². The van der Waals surface area contributed by atoms with E-state index in [1.54, 1.807) is 0 Å². The van der Waals surface area contributed by atoms with Crippen LogP contribution in [0.2, 0.25) is 0 Å². The van der Waals surface area contributed by atoms with E-state index in [0.717, 1.165) is 45.4 Å². The smallest absolute Gasteiger partial charge is 0.247 e. The Morgan fingerprint density at radius 3 is 2.00 bits per heavy atom. The summed E-state index contributed by atoms with van der Waals surface area (Å²) in [6.07, 6.45) is 5.68. The van der Waals surface area contributed by atoms with Crippen molar-refractivity contribution >= 4 is 0 Å². The van der Waals surface area contributed by atoms with Crippen molar-refractivity contribution < 1.29 is 8.78 Å². The van der Waals surface area contributed by atoms with Crippen LogP contribution in [0, 0.1) is 0 Å². The summed E-state index contributed by atoms with van der Waals surface area (Å²) in [5.74, 6) is -2.61. The Kier molecular flexibility index (Phi) is 3.28. The molecule has 0 saturated heterocycles. The highest BCUT2D eigenvalue weighted by Crippen LogP contribution is 2.33. The van der Waals surface area contributed by atoms with Gasteiger partial charge in [-0.05, 0) is 19.8 Å². The molecule has 78 valence electrons. The Morgan fingerprint density at radius 1 is 1.15 bits per heavy atom. The number of hydrogen-bond acceptors (Lipinski definition) is 1. The number of alkyl halides is 2. The highest BCUT2D eigenvalue weighted by atomic mass is 19.3. The molecular formula is C10H19F2N. The van der Waals surface area contributed by atoms with Gasteiger partial charge in [0, 0.05) is 12.0 Å². The highest BCUT2D eigenvalue weighted by molar-refractivity contribution is 4.89. The third-order valence-electron chi connectivity index (χ3n) is 2.76. The van der Waals surface area contributed by atoms with Crippen molar-refractivity contribution in [3.8, 4) is 0 Å². The van der Waals surface area contributed by atoms with Crippen LogP contribution in [0.4, 0.5) is 8.78 Å². The molecule has 0 spiro atoms. The molecule has 0 aromatic rings. The van der Waals surface area contributed by atoms with E-state index in [-0.39, 0.29) is 6.42 Å². The van der Waals surface area contributed by atoms with Gasteiger partial charge in [-0.3, -0.25) is 0 Å². The molecule has 1 aliphatic rings. The zero-order chi connectivity index (χ0) is 9.95. The van der Waals surface area contributed by atoms with Crippen molar-refractivity contribution in [1.82, 2.24) is 0 Å². The van der Waals surface area contributed by atoms with Gasteiger partial charge in [-0.15, -0.1) is 0 Å². The molecule has 3 heteroatoms. The summed E-state index contributed by atoms with van der Waals surface area (Å²) < 4.78 is 25.6. The first-order valence-corrected chi connectivity index (χ1v) is 5.08. The van der Waals surface area contributed by atoms with Crippen molar-refractivity contribution in [2.45, 2.75) is 63.3 Å². The van der Waals surface area contributed by atoms with Gasteiger partial charge in [0.1, 0.15) is 0 Å². The topological polar surface area (TPSA) is 26.0 Å². The molecule has 13 heavy (non-hydrogen) atoms. The zero-order valence-corrected chi connectivity index (χ0v) is 8.28. The fourth-order valence-corrected chi connectivity index (χ4v) is 2.23.